The summed E-state index contributed by atoms with van der Waals surface area (Å²) in [5.74, 6) is 1.59. The molecule has 0 atom stereocenters. The Balaban J connectivity index is 0.00000484. The quantitative estimate of drug-likeness (QED) is 0.636. The van der Waals surface area contributed by atoms with Crippen LogP contribution in [0, 0.1) is 0 Å². The zero-order chi connectivity index (χ0) is 16.4. The van der Waals surface area contributed by atoms with E-state index in [9.17, 15) is 4.79 Å². The molecule has 0 saturated carbocycles. The number of amides is 1. The first-order chi connectivity index (χ1) is 10.7. The molecule has 0 spiro atoms. The highest BCUT2D eigenvalue weighted by Crippen LogP contribution is 2.37. The molecule has 132 valence electrons. The number of rotatable bonds is 10. The van der Waals surface area contributed by atoms with Crippen LogP contribution in [0.25, 0.3) is 0 Å². The first-order valence-electron chi connectivity index (χ1n) is 7.46. The van der Waals surface area contributed by atoms with Crippen LogP contribution in [0.4, 0.5) is 5.69 Å². The molecule has 1 rings (SSSR count). The van der Waals surface area contributed by atoms with Crippen molar-refractivity contribution in [1.82, 2.24) is 0 Å². The van der Waals surface area contributed by atoms with Gasteiger partial charge in [0.1, 0.15) is 5.75 Å². The fourth-order valence-electron chi connectivity index (χ4n) is 2.12. The fraction of sp³-hybridized carbons (Fsp3) is 0.562. The molecule has 0 aromatic heterocycles. The summed E-state index contributed by atoms with van der Waals surface area (Å²) in [6.45, 7) is 0.703. The van der Waals surface area contributed by atoms with Crippen molar-refractivity contribution in [3.63, 3.8) is 0 Å². The molecule has 0 aliphatic rings. The zero-order valence-corrected chi connectivity index (χ0v) is 14.8. The molecule has 6 nitrogen and oxygen atoms in total. The molecule has 1 aromatic carbocycles. The van der Waals surface area contributed by atoms with E-state index in [0.29, 0.717) is 35.9 Å². The lowest BCUT2D eigenvalue weighted by atomic mass is 10.1. The topological polar surface area (TPSA) is 82.8 Å². The highest BCUT2D eigenvalue weighted by atomic mass is 35.5. The molecule has 0 aliphatic heterocycles. The van der Waals surface area contributed by atoms with Crippen LogP contribution in [-0.4, -0.2) is 33.8 Å². The van der Waals surface area contributed by atoms with Crippen molar-refractivity contribution in [3.05, 3.63) is 12.1 Å². The summed E-state index contributed by atoms with van der Waals surface area (Å²) in [5.41, 5.74) is 6.02. The van der Waals surface area contributed by atoms with Crippen LogP contribution in [0.3, 0.4) is 0 Å². The number of unbranched alkanes of at least 4 members (excludes halogenated alkanes) is 3. The van der Waals surface area contributed by atoms with Gasteiger partial charge in [-0.25, -0.2) is 0 Å². The van der Waals surface area contributed by atoms with Gasteiger partial charge in [-0.05, 0) is 19.4 Å². The number of hydrogen-bond donors (Lipinski definition) is 2. The summed E-state index contributed by atoms with van der Waals surface area (Å²) in [6, 6.07) is 3.39. The maximum absolute atomic E-state index is 12.0. The van der Waals surface area contributed by atoms with Crippen LogP contribution < -0.4 is 25.3 Å². The van der Waals surface area contributed by atoms with Crippen molar-refractivity contribution in [1.29, 1.82) is 0 Å². The predicted octanol–water partition coefficient (Wildman–Crippen LogP) is 2.98. The second-order valence-corrected chi connectivity index (χ2v) is 4.91. The Kier molecular flexibility index (Phi) is 11.0. The van der Waals surface area contributed by atoms with E-state index >= 15 is 0 Å². The van der Waals surface area contributed by atoms with Crippen LogP contribution in [0.2, 0.25) is 0 Å². The molecule has 0 radical (unpaired) electrons. The van der Waals surface area contributed by atoms with Crippen molar-refractivity contribution < 1.29 is 19.0 Å². The number of benzene rings is 1. The maximum atomic E-state index is 12.0. The minimum absolute atomic E-state index is 0. The van der Waals surface area contributed by atoms with Crippen LogP contribution in [-0.2, 0) is 4.79 Å². The average molecular weight is 347 g/mol. The van der Waals surface area contributed by atoms with Crippen molar-refractivity contribution in [2.45, 2.75) is 32.1 Å². The summed E-state index contributed by atoms with van der Waals surface area (Å²) in [7, 11) is 4.65. The van der Waals surface area contributed by atoms with Crippen molar-refractivity contribution in [2.24, 2.45) is 5.73 Å². The van der Waals surface area contributed by atoms with Crippen molar-refractivity contribution in [3.8, 4) is 17.2 Å². The lowest BCUT2D eigenvalue weighted by molar-refractivity contribution is -0.116. The molecule has 0 aliphatic carbocycles. The van der Waals surface area contributed by atoms with Gasteiger partial charge in [-0.3, -0.25) is 4.79 Å². The molecule has 0 bridgehead atoms. The number of hydrogen-bond acceptors (Lipinski definition) is 5. The third kappa shape index (κ3) is 6.97. The van der Waals surface area contributed by atoms with Crippen molar-refractivity contribution in [2.75, 3.05) is 33.2 Å². The Morgan fingerprint density at radius 1 is 0.957 bits per heavy atom. The van der Waals surface area contributed by atoms with Gasteiger partial charge in [-0.1, -0.05) is 12.8 Å². The molecule has 0 unspecified atom stereocenters. The van der Waals surface area contributed by atoms with E-state index in [-0.39, 0.29) is 18.3 Å². The molecule has 23 heavy (non-hydrogen) atoms. The predicted molar refractivity (Wildman–Crippen MR) is 94.1 cm³/mol. The summed E-state index contributed by atoms with van der Waals surface area (Å²) >= 11 is 0. The first-order valence-corrected chi connectivity index (χ1v) is 7.46. The Bertz CT molecular complexity index is 483. The SMILES string of the molecule is COc1cc(OC)c(OC)cc1NC(=O)CCCCCCN.Cl. The molecule has 0 saturated heterocycles. The lowest BCUT2D eigenvalue weighted by Gasteiger charge is -2.14. The summed E-state index contributed by atoms with van der Waals surface area (Å²) in [4.78, 5) is 12.0. The average Bonchev–Trinajstić information content (AvgIpc) is 2.54. The van der Waals surface area contributed by atoms with Crippen LogP contribution >= 0.6 is 12.4 Å². The monoisotopic (exact) mass is 346 g/mol. The maximum Gasteiger partial charge on any atom is 0.224 e. The Hall–Kier alpha value is -1.66. The lowest BCUT2D eigenvalue weighted by Crippen LogP contribution is -2.12. The fourth-order valence-corrected chi connectivity index (χ4v) is 2.12. The van der Waals surface area contributed by atoms with Gasteiger partial charge in [0.05, 0.1) is 27.0 Å². The largest absolute Gasteiger partial charge is 0.494 e. The molecule has 1 aromatic rings. The summed E-state index contributed by atoms with van der Waals surface area (Å²) in [5, 5.41) is 2.85. The Labute approximate surface area is 144 Å². The van der Waals surface area contributed by atoms with Crippen LogP contribution in [0.5, 0.6) is 17.2 Å². The van der Waals surface area contributed by atoms with E-state index in [0.717, 1.165) is 25.7 Å². The minimum atomic E-state index is -0.0433. The van der Waals surface area contributed by atoms with E-state index in [1.807, 2.05) is 0 Å². The van der Waals surface area contributed by atoms with Gasteiger partial charge in [-0.2, -0.15) is 0 Å². The molecule has 0 heterocycles. The highest BCUT2D eigenvalue weighted by molar-refractivity contribution is 5.92. The van der Waals surface area contributed by atoms with E-state index in [2.05, 4.69) is 5.32 Å². The molecule has 0 fully saturated rings. The van der Waals surface area contributed by atoms with Gasteiger partial charge in [0.2, 0.25) is 5.91 Å². The van der Waals surface area contributed by atoms with E-state index in [1.54, 1.807) is 33.5 Å². The number of ether oxygens (including phenoxy) is 3. The summed E-state index contributed by atoms with van der Waals surface area (Å²) < 4.78 is 15.7. The number of anilines is 1. The number of methoxy groups -OCH3 is 3. The summed E-state index contributed by atoms with van der Waals surface area (Å²) in [6.07, 6.45) is 4.39. The van der Waals surface area contributed by atoms with Crippen LogP contribution in [0.1, 0.15) is 32.1 Å². The smallest absolute Gasteiger partial charge is 0.224 e. The van der Waals surface area contributed by atoms with Gasteiger partial charge in [0, 0.05) is 18.6 Å². The Morgan fingerprint density at radius 2 is 1.52 bits per heavy atom. The number of nitrogens with one attached hydrogen (secondary N) is 1. The number of halogens is 1. The zero-order valence-electron chi connectivity index (χ0n) is 14.0. The normalized spacial score (nSPS) is 9.74. The third-order valence-corrected chi connectivity index (χ3v) is 3.34. The molecule has 7 heteroatoms. The standard InChI is InChI=1S/C16H26N2O4.ClH/c1-20-13-11-15(22-3)14(21-2)10-12(13)18-16(19)8-6-4-5-7-9-17;/h10-11H,4-9,17H2,1-3H3,(H,18,19);1H. The van der Waals surface area contributed by atoms with Gasteiger partial charge >= 0.3 is 0 Å². The number of carbonyl (C=O) groups is 1. The van der Waals surface area contributed by atoms with Crippen molar-refractivity contribution >= 4 is 24.0 Å². The highest BCUT2D eigenvalue weighted by Gasteiger charge is 2.13. The second-order valence-electron chi connectivity index (χ2n) is 4.91. The van der Waals surface area contributed by atoms with E-state index in [1.165, 1.54) is 0 Å². The van der Waals surface area contributed by atoms with E-state index in [4.69, 9.17) is 19.9 Å². The van der Waals surface area contributed by atoms with Gasteiger partial charge in [-0.15, -0.1) is 12.4 Å². The van der Waals surface area contributed by atoms with E-state index < -0.39 is 0 Å². The first kappa shape index (κ1) is 21.3. The second kappa shape index (κ2) is 11.8. The molecular formula is C16H27ClN2O4. The molecule has 3 N–H and O–H groups in total. The number of nitrogens with two attached hydrogens (primary N) is 1. The molecule has 1 amide bonds. The van der Waals surface area contributed by atoms with Crippen LogP contribution in [0.15, 0.2) is 12.1 Å². The van der Waals surface area contributed by atoms with Gasteiger partial charge in [0.25, 0.3) is 0 Å². The Morgan fingerprint density at radius 3 is 2.09 bits per heavy atom. The van der Waals surface area contributed by atoms with Gasteiger partial charge in [0.15, 0.2) is 11.5 Å². The number of carbonyl (C=O) groups excluding carboxylic acids is 1. The molecular weight excluding hydrogens is 320 g/mol. The third-order valence-electron chi connectivity index (χ3n) is 3.34. The minimum Gasteiger partial charge on any atom is -0.494 e. The van der Waals surface area contributed by atoms with Gasteiger partial charge < -0.3 is 25.3 Å².